The lowest BCUT2D eigenvalue weighted by Gasteiger charge is -2.37. The summed E-state index contributed by atoms with van der Waals surface area (Å²) in [5.41, 5.74) is 2.84. The fourth-order valence-electron chi connectivity index (χ4n) is 3.46. The maximum absolute atomic E-state index is 9.52. The first-order valence-electron chi connectivity index (χ1n) is 7.68. The van der Waals surface area contributed by atoms with Crippen LogP contribution in [0.3, 0.4) is 0 Å². The van der Waals surface area contributed by atoms with E-state index in [-0.39, 0.29) is 6.10 Å². The van der Waals surface area contributed by atoms with E-state index in [2.05, 4.69) is 36.5 Å². The van der Waals surface area contributed by atoms with Crippen molar-refractivity contribution in [3.8, 4) is 0 Å². The molecule has 0 radical (unpaired) electrons. The standard InChI is InChI=1S/C17H25NO/c1-12-2-5-14(6-3-12)15-9-16(10-15)18-11-13-4-7-17(19)8-13/h2-3,5-6,13,15-19H,4,7-11H2,1H3. The number of benzene rings is 1. The van der Waals surface area contributed by atoms with Crippen LogP contribution in [0, 0.1) is 12.8 Å². The maximum Gasteiger partial charge on any atom is 0.0543 e. The summed E-state index contributed by atoms with van der Waals surface area (Å²) in [6, 6.07) is 9.70. The number of aryl methyl sites for hydroxylation is 1. The molecular formula is C17H25NO. The second-order valence-electron chi connectivity index (χ2n) is 6.52. The first-order chi connectivity index (χ1) is 9.20. The molecule has 2 unspecified atom stereocenters. The first kappa shape index (κ1) is 13.1. The van der Waals surface area contributed by atoms with Gasteiger partial charge >= 0.3 is 0 Å². The largest absolute Gasteiger partial charge is 0.393 e. The van der Waals surface area contributed by atoms with E-state index in [1.165, 1.54) is 30.4 Å². The van der Waals surface area contributed by atoms with Gasteiger partial charge < -0.3 is 10.4 Å². The molecule has 19 heavy (non-hydrogen) atoms. The zero-order valence-electron chi connectivity index (χ0n) is 11.8. The van der Waals surface area contributed by atoms with E-state index >= 15 is 0 Å². The Bertz CT molecular complexity index is 408. The Labute approximate surface area is 116 Å². The molecule has 0 amide bonds. The maximum atomic E-state index is 9.52. The molecule has 2 saturated carbocycles. The smallest absolute Gasteiger partial charge is 0.0543 e. The van der Waals surface area contributed by atoms with E-state index in [1.54, 1.807) is 0 Å². The molecule has 3 rings (SSSR count). The van der Waals surface area contributed by atoms with Crippen molar-refractivity contribution in [2.75, 3.05) is 6.54 Å². The molecule has 2 atom stereocenters. The minimum absolute atomic E-state index is 0.0338. The normalized spacial score (nSPS) is 34.2. The third-order valence-electron chi connectivity index (χ3n) is 4.90. The fraction of sp³-hybridized carbons (Fsp3) is 0.647. The lowest BCUT2D eigenvalue weighted by Crippen LogP contribution is -2.42. The van der Waals surface area contributed by atoms with Crippen molar-refractivity contribution >= 4 is 0 Å². The molecule has 2 nitrogen and oxygen atoms in total. The van der Waals surface area contributed by atoms with Crippen molar-refractivity contribution in [1.29, 1.82) is 0 Å². The molecule has 2 aliphatic carbocycles. The second kappa shape index (κ2) is 5.64. The highest BCUT2D eigenvalue weighted by Gasteiger charge is 2.31. The highest BCUT2D eigenvalue weighted by atomic mass is 16.3. The minimum atomic E-state index is -0.0338. The topological polar surface area (TPSA) is 32.3 Å². The molecular weight excluding hydrogens is 234 g/mol. The molecule has 0 spiro atoms. The minimum Gasteiger partial charge on any atom is -0.393 e. The third-order valence-corrected chi connectivity index (χ3v) is 4.90. The SMILES string of the molecule is Cc1ccc(C2CC(NCC3CCC(O)C3)C2)cc1. The van der Waals surface area contributed by atoms with Gasteiger partial charge in [-0.05, 0) is 63.0 Å². The Balaban J connectivity index is 1.39. The Morgan fingerprint density at radius 3 is 2.47 bits per heavy atom. The van der Waals surface area contributed by atoms with Crippen molar-refractivity contribution in [1.82, 2.24) is 5.32 Å². The second-order valence-corrected chi connectivity index (χ2v) is 6.52. The number of aliphatic hydroxyl groups is 1. The van der Waals surface area contributed by atoms with Gasteiger partial charge in [0, 0.05) is 6.04 Å². The highest BCUT2D eigenvalue weighted by Crippen LogP contribution is 2.37. The summed E-state index contributed by atoms with van der Waals surface area (Å²) in [6.45, 7) is 3.24. The molecule has 0 bridgehead atoms. The summed E-state index contributed by atoms with van der Waals surface area (Å²) >= 11 is 0. The highest BCUT2D eigenvalue weighted by molar-refractivity contribution is 5.26. The Hall–Kier alpha value is -0.860. The summed E-state index contributed by atoms with van der Waals surface area (Å²) in [7, 11) is 0. The van der Waals surface area contributed by atoms with E-state index in [4.69, 9.17) is 0 Å². The lowest BCUT2D eigenvalue weighted by atomic mass is 9.75. The van der Waals surface area contributed by atoms with Gasteiger partial charge in [-0.2, -0.15) is 0 Å². The fourth-order valence-corrected chi connectivity index (χ4v) is 3.46. The predicted octanol–water partition coefficient (Wildman–Crippen LogP) is 2.99. The Morgan fingerprint density at radius 2 is 1.84 bits per heavy atom. The van der Waals surface area contributed by atoms with Gasteiger partial charge in [0.15, 0.2) is 0 Å². The summed E-state index contributed by atoms with van der Waals surface area (Å²) < 4.78 is 0. The number of aliphatic hydroxyl groups excluding tert-OH is 1. The van der Waals surface area contributed by atoms with Crippen LogP contribution >= 0.6 is 0 Å². The van der Waals surface area contributed by atoms with Crippen molar-refractivity contribution in [3.63, 3.8) is 0 Å². The molecule has 0 aliphatic heterocycles. The molecule has 2 fully saturated rings. The van der Waals surface area contributed by atoms with E-state index in [1.807, 2.05) is 0 Å². The molecule has 2 aliphatic rings. The van der Waals surface area contributed by atoms with E-state index in [0.717, 1.165) is 25.3 Å². The molecule has 0 aromatic heterocycles. The zero-order valence-corrected chi connectivity index (χ0v) is 11.8. The molecule has 2 N–H and O–H groups in total. The van der Waals surface area contributed by atoms with Gasteiger partial charge in [-0.15, -0.1) is 0 Å². The predicted molar refractivity (Wildman–Crippen MR) is 78.3 cm³/mol. The first-order valence-corrected chi connectivity index (χ1v) is 7.68. The number of hydrogen-bond acceptors (Lipinski definition) is 2. The van der Waals surface area contributed by atoms with Gasteiger partial charge in [0.2, 0.25) is 0 Å². The van der Waals surface area contributed by atoms with Crippen molar-refractivity contribution < 1.29 is 5.11 Å². The lowest BCUT2D eigenvalue weighted by molar-refractivity contribution is 0.176. The van der Waals surface area contributed by atoms with Crippen LogP contribution in [0.25, 0.3) is 0 Å². The van der Waals surface area contributed by atoms with Gasteiger partial charge in [-0.1, -0.05) is 29.8 Å². The molecule has 2 heteroatoms. The van der Waals surface area contributed by atoms with E-state index in [0.29, 0.717) is 12.0 Å². The van der Waals surface area contributed by atoms with Crippen LogP contribution in [0.5, 0.6) is 0 Å². The average molecular weight is 259 g/mol. The van der Waals surface area contributed by atoms with Crippen molar-refractivity contribution in [3.05, 3.63) is 35.4 Å². The molecule has 0 heterocycles. The van der Waals surface area contributed by atoms with Crippen molar-refractivity contribution in [2.45, 2.75) is 57.1 Å². The van der Waals surface area contributed by atoms with E-state index in [9.17, 15) is 5.11 Å². The van der Waals surface area contributed by atoms with Gasteiger partial charge in [0.05, 0.1) is 6.10 Å². The average Bonchev–Trinajstić information content (AvgIpc) is 2.75. The monoisotopic (exact) mass is 259 g/mol. The van der Waals surface area contributed by atoms with Crippen LogP contribution in [-0.4, -0.2) is 23.8 Å². The molecule has 104 valence electrons. The molecule has 0 saturated heterocycles. The third kappa shape index (κ3) is 3.18. The number of rotatable bonds is 4. The van der Waals surface area contributed by atoms with Gasteiger partial charge in [0.25, 0.3) is 0 Å². The van der Waals surface area contributed by atoms with Crippen LogP contribution in [0.2, 0.25) is 0 Å². The molecule has 1 aromatic rings. The Morgan fingerprint density at radius 1 is 1.11 bits per heavy atom. The summed E-state index contributed by atoms with van der Waals surface area (Å²) in [5, 5.41) is 13.2. The quantitative estimate of drug-likeness (QED) is 0.871. The summed E-state index contributed by atoms with van der Waals surface area (Å²) in [6.07, 6.45) is 5.72. The van der Waals surface area contributed by atoms with E-state index < -0.39 is 0 Å². The van der Waals surface area contributed by atoms with Gasteiger partial charge in [-0.25, -0.2) is 0 Å². The van der Waals surface area contributed by atoms with Gasteiger partial charge in [-0.3, -0.25) is 0 Å². The van der Waals surface area contributed by atoms with Crippen LogP contribution in [0.4, 0.5) is 0 Å². The van der Waals surface area contributed by atoms with Crippen molar-refractivity contribution in [2.24, 2.45) is 5.92 Å². The Kier molecular flexibility index (Phi) is 3.90. The van der Waals surface area contributed by atoms with Crippen LogP contribution in [0.15, 0.2) is 24.3 Å². The number of nitrogens with one attached hydrogen (secondary N) is 1. The molecule has 1 aromatic carbocycles. The van der Waals surface area contributed by atoms with Crippen LogP contribution < -0.4 is 5.32 Å². The van der Waals surface area contributed by atoms with Gasteiger partial charge in [0.1, 0.15) is 0 Å². The summed E-state index contributed by atoms with van der Waals surface area (Å²) in [5.74, 6) is 1.46. The zero-order chi connectivity index (χ0) is 13.2. The van der Waals surface area contributed by atoms with Crippen LogP contribution in [0.1, 0.15) is 49.1 Å². The van der Waals surface area contributed by atoms with Crippen LogP contribution in [-0.2, 0) is 0 Å². The summed E-state index contributed by atoms with van der Waals surface area (Å²) in [4.78, 5) is 0. The number of hydrogen-bond donors (Lipinski definition) is 2.